The van der Waals surface area contributed by atoms with Crippen LogP contribution in [-0.2, 0) is 6.54 Å². The van der Waals surface area contributed by atoms with Crippen molar-refractivity contribution >= 4 is 33.2 Å². The van der Waals surface area contributed by atoms with E-state index in [2.05, 4.69) is 25.3 Å². The van der Waals surface area contributed by atoms with E-state index >= 15 is 0 Å². The van der Waals surface area contributed by atoms with E-state index in [4.69, 9.17) is 15.0 Å². The largest absolute Gasteiger partial charge is 0.308 e. The first-order valence-corrected chi connectivity index (χ1v) is 9.74. The molecule has 0 unspecified atom stereocenters. The molecular formula is C21H25N5O. The summed E-state index contributed by atoms with van der Waals surface area (Å²) in [5, 5.41) is 0.588. The third kappa shape index (κ3) is 2.71. The number of aromatic nitrogens is 5. The second-order valence-electron chi connectivity index (χ2n) is 7.18. The highest BCUT2D eigenvalue weighted by Gasteiger charge is 2.22. The maximum Gasteiger partial charge on any atom is 0.265 e. The van der Waals surface area contributed by atoms with E-state index in [1.54, 1.807) is 4.57 Å². The number of fused-ring (bicyclic) bond motifs is 4. The van der Waals surface area contributed by atoms with Gasteiger partial charge in [-0.25, -0.2) is 15.0 Å². The molecule has 0 bridgehead atoms. The molecule has 0 radical (unpaired) electrons. The Labute approximate surface area is 157 Å². The van der Waals surface area contributed by atoms with Crippen molar-refractivity contribution in [2.24, 2.45) is 0 Å². The number of rotatable bonds is 5. The molecule has 0 fully saturated rings. The molecule has 0 saturated carbocycles. The lowest BCUT2D eigenvalue weighted by molar-refractivity contribution is 0.496. The average Bonchev–Trinajstić information content (AvgIpc) is 2.96. The van der Waals surface area contributed by atoms with Gasteiger partial charge in [0.05, 0.1) is 11.0 Å². The molecule has 3 heterocycles. The van der Waals surface area contributed by atoms with E-state index in [1.807, 2.05) is 31.2 Å². The fourth-order valence-electron chi connectivity index (χ4n) is 3.71. The topological polar surface area (TPSA) is 65.6 Å². The van der Waals surface area contributed by atoms with E-state index in [-0.39, 0.29) is 11.6 Å². The Morgan fingerprint density at radius 2 is 1.74 bits per heavy atom. The van der Waals surface area contributed by atoms with E-state index in [0.29, 0.717) is 16.6 Å². The van der Waals surface area contributed by atoms with E-state index in [9.17, 15) is 4.79 Å². The number of unbranched alkanes of at least 4 members (excludes halogenated alkanes) is 1. The summed E-state index contributed by atoms with van der Waals surface area (Å²) in [4.78, 5) is 27.9. The first-order valence-electron chi connectivity index (χ1n) is 9.74. The summed E-state index contributed by atoms with van der Waals surface area (Å²) in [5.74, 6) is 0.743. The van der Waals surface area contributed by atoms with Crippen molar-refractivity contribution in [3.63, 3.8) is 0 Å². The molecular weight excluding hydrogens is 338 g/mol. The Kier molecular flexibility index (Phi) is 4.42. The van der Waals surface area contributed by atoms with Gasteiger partial charge in [-0.3, -0.25) is 9.36 Å². The predicted octanol–water partition coefficient (Wildman–Crippen LogP) is 4.37. The van der Waals surface area contributed by atoms with Gasteiger partial charge in [0.15, 0.2) is 11.3 Å². The van der Waals surface area contributed by atoms with Crippen LogP contribution in [0.2, 0.25) is 0 Å². The van der Waals surface area contributed by atoms with Gasteiger partial charge in [0, 0.05) is 12.6 Å². The third-order valence-electron chi connectivity index (χ3n) is 5.34. The smallest absolute Gasteiger partial charge is 0.265 e. The van der Waals surface area contributed by atoms with Crippen molar-refractivity contribution in [1.29, 1.82) is 0 Å². The molecule has 6 nitrogen and oxygen atoms in total. The normalized spacial score (nSPS) is 13.0. The molecule has 0 aliphatic rings. The molecule has 0 N–H and O–H groups in total. The molecule has 0 saturated heterocycles. The summed E-state index contributed by atoms with van der Waals surface area (Å²) in [6.07, 6.45) is 2.94. The summed E-state index contributed by atoms with van der Waals surface area (Å²) in [7, 11) is 0. The maximum atomic E-state index is 13.4. The van der Waals surface area contributed by atoms with Crippen LogP contribution in [0.3, 0.4) is 0 Å². The molecule has 0 spiro atoms. The van der Waals surface area contributed by atoms with Crippen molar-refractivity contribution < 1.29 is 0 Å². The molecule has 4 rings (SSSR count). The van der Waals surface area contributed by atoms with Crippen LogP contribution in [-0.4, -0.2) is 24.1 Å². The summed E-state index contributed by atoms with van der Waals surface area (Å²) in [5.41, 5.74) is 3.74. The minimum atomic E-state index is -0.0170. The van der Waals surface area contributed by atoms with Crippen LogP contribution in [0.25, 0.3) is 33.2 Å². The minimum absolute atomic E-state index is 0.0170. The monoisotopic (exact) mass is 363 g/mol. The van der Waals surface area contributed by atoms with Gasteiger partial charge in [-0.15, -0.1) is 0 Å². The van der Waals surface area contributed by atoms with Gasteiger partial charge in [0.25, 0.3) is 5.56 Å². The molecule has 6 heteroatoms. The van der Waals surface area contributed by atoms with E-state index in [0.717, 1.165) is 48.3 Å². The van der Waals surface area contributed by atoms with Crippen LogP contribution in [0.5, 0.6) is 0 Å². The number of benzene rings is 1. The molecule has 4 aromatic rings. The van der Waals surface area contributed by atoms with Crippen molar-refractivity contribution in [3.05, 3.63) is 40.4 Å². The van der Waals surface area contributed by atoms with Crippen molar-refractivity contribution in [1.82, 2.24) is 24.1 Å². The summed E-state index contributed by atoms with van der Waals surface area (Å²) in [6.45, 7) is 8.98. The van der Waals surface area contributed by atoms with Crippen LogP contribution >= 0.6 is 0 Å². The van der Waals surface area contributed by atoms with Crippen LogP contribution in [0.1, 0.15) is 51.9 Å². The first-order chi connectivity index (χ1) is 13.1. The molecule has 27 heavy (non-hydrogen) atoms. The van der Waals surface area contributed by atoms with Crippen LogP contribution in [0.4, 0.5) is 0 Å². The molecule has 1 aromatic carbocycles. The van der Waals surface area contributed by atoms with Crippen molar-refractivity contribution in [2.75, 3.05) is 0 Å². The van der Waals surface area contributed by atoms with Gasteiger partial charge in [0.2, 0.25) is 0 Å². The Morgan fingerprint density at radius 1 is 1.04 bits per heavy atom. The second kappa shape index (κ2) is 6.76. The minimum Gasteiger partial charge on any atom is -0.308 e. The van der Waals surface area contributed by atoms with Gasteiger partial charge in [-0.2, -0.15) is 0 Å². The quantitative estimate of drug-likeness (QED) is 0.528. The Balaban J connectivity index is 2.18. The lowest BCUT2D eigenvalue weighted by atomic mass is 10.2. The fraction of sp³-hybridized carbons (Fsp3) is 0.429. The molecule has 0 aliphatic heterocycles. The standard InChI is InChI=1S/C21H25N5O/c1-5-7-12-25-19-17(21(27)26(13(3)6-2)14(4)22-19)18-20(25)24-16-11-9-8-10-15(16)23-18/h8-11,13H,5-7,12H2,1-4H3/t13-/m0/s1. The number of nitrogens with zero attached hydrogens (tertiary/aromatic N) is 5. The van der Waals surface area contributed by atoms with Gasteiger partial charge in [-0.05, 0) is 38.8 Å². The highest BCUT2D eigenvalue weighted by molar-refractivity contribution is 6.04. The zero-order valence-electron chi connectivity index (χ0n) is 16.4. The second-order valence-corrected chi connectivity index (χ2v) is 7.18. The predicted molar refractivity (Wildman–Crippen MR) is 109 cm³/mol. The van der Waals surface area contributed by atoms with E-state index < -0.39 is 0 Å². The van der Waals surface area contributed by atoms with E-state index in [1.165, 1.54) is 0 Å². The molecule has 140 valence electrons. The molecule has 3 aromatic heterocycles. The lowest BCUT2D eigenvalue weighted by Crippen LogP contribution is -2.26. The molecule has 0 amide bonds. The summed E-state index contributed by atoms with van der Waals surface area (Å²) < 4.78 is 3.87. The van der Waals surface area contributed by atoms with Gasteiger partial charge < -0.3 is 4.57 Å². The fourth-order valence-corrected chi connectivity index (χ4v) is 3.71. The molecule has 0 aliphatic carbocycles. The van der Waals surface area contributed by atoms with Crippen molar-refractivity contribution in [3.8, 4) is 0 Å². The zero-order valence-corrected chi connectivity index (χ0v) is 16.4. The van der Waals surface area contributed by atoms with Gasteiger partial charge >= 0.3 is 0 Å². The highest BCUT2D eigenvalue weighted by Crippen LogP contribution is 2.26. The Bertz CT molecular complexity index is 1200. The summed E-state index contributed by atoms with van der Waals surface area (Å²) >= 11 is 0. The van der Waals surface area contributed by atoms with Crippen LogP contribution < -0.4 is 5.56 Å². The van der Waals surface area contributed by atoms with Crippen LogP contribution in [0.15, 0.2) is 29.1 Å². The van der Waals surface area contributed by atoms with Gasteiger partial charge in [0.1, 0.15) is 16.7 Å². The summed E-state index contributed by atoms with van der Waals surface area (Å²) in [6, 6.07) is 7.89. The zero-order chi connectivity index (χ0) is 19.1. The number of hydrogen-bond donors (Lipinski definition) is 0. The maximum absolute atomic E-state index is 13.4. The van der Waals surface area contributed by atoms with Crippen molar-refractivity contribution in [2.45, 2.75) is 59.5 Å². The highest BCUT2D eigenvalue weighted by atomic mass is 16.1. The average molecular weight is 363 g/mol. The van der Waals surface area contributed by atoms with Gasteiger partial charge in [-0.1, -0.05) is 32.4 Å². The Morgan fingerprint density at radius 3 is 2.41 bits per heavy atom. The first kappa shape index (κ1) is 17.6. The molecule has 1 atom stereocenters. The number of aryl methyl sites for hydroxylation is 2. The lowest BCUT2D eigenvalue weighted by Gasteiger charge is -2.16. The Hall–Kier alpha value is -2.76. The SMILES string of the molecule is CCCCn1c2nc3ccccc3nc2c2c(=O)n([C@@H](C)CC)c(C)nc21. The third-order valence-corrected chi connectivity index (χ3v) is 5.34. The number of hydrogen-bond acceptors (Lipinski definition) is 4. The van der Waals surface area contributed by atoms with Crippen LogP contribution in [0, 0.1) is 6.92 Å². The number of para-hydroxylation sites is 2.